The molecule has 1 aliphatic heterocycles. The number of aliphatic hydroxyl groups is 1. The van der Waals surface area contributed by atoms with Crippen LogP contribution in [-0.4, -0.2) is 57.6 Å². The molecule has 1 aromatic carbocycles. The van der Waals surface area contributed by atoms with Gasteiger partial charge in [-0.2, -0.15) is 0 Å². The number of aromatic nitrogens is 1. The summed E-state index contributed by atoms with van der Waals surface area (Å²) in [7, 11) is 0. The van der Waals surface area contributed by atoms with Crippen molar-refractivity contribution in [1.29, 1.82) is 0 Å². The van der Waals surface area contributed by atoms with Crippen molar-refractivity contribution in [2.75, 3.05) is 11.4 Å². The van der Waals surface area contributed by atoms with Gasteiger partial charge in [0, 0.05) is 30.1 Å². The van der Waals surface area contributed by atoms with Gasteiger partial charge >= 0.3 is 6.09 Å². The fourth-order valence-corrected chi connectivity index (χ4v) is 4.34. The van der Waals surface area contributed by atoms with Crippen LogP contribution in [0.25, 0.3) is 0 Å². The summed E-state index contributed by atoms with van der Waals surface area (Å²) in [5, 5.41) is 10.7. The Morgan fingerprint density at radius 2 is 1.81 bits per heavy atom. The number of ether oxygens (including phenoxy) is 1. The fraction of sp³-hybridized carbons (Fsp3) is 0.481. The van der Waals surface area contributed by atoms with E-state index >= 15 is 0 Å². The molecule has 36 heavy (non-hydrogen) atoms. The van der Waals surface area contributed by atoms with Gasteiger partial charge in [0.2, 0.25) is 0 Å². The maximum Gasteiger partial charge on any atom is 0.411 e. The van der Waals surface area contributed by atoms with Crippen molar-refractivity contribution >= 4 is 35.6 Å². The zero-order valence-electron chi connectivity index (χ0n) is 21.6. The molecule has 2 aromatic rings. The predicted octanol–water partition coefficient (Wildman–Crippen LogP) is 4.68. The lowest BCUT2D eigenvalue weighted by Gasteiger charge is -2.34. The maximum absolute atomic E-state index is 14.1. The van der Waals surface area contributed by atoms with Crippen molar-refractivity contribution in [3.63, 3.8) is 0 Å². The largest absolute Gasteiger partial charge is 0.444 e. The summed E-state index contributed by atoms with van der Waals surface area (Å²) in [6.07, 6.45) is 1.98. The molecule has 0 bridgehead atoms. The van der Waals surface area contributed by atoms with Crippen molar-refractivity contribution < 1.29 is 24.2 Å². The smallest absolute Gasteiger partial charge is 0.411 e. The van der Waals surface area contributed by atoms with Crippen LogP contribution in [0.4, 0.5) is 10.5 Å². The van der Waals surface area contributed by atoms with Gasteiger partial charge in [-0.3, -0.25) is 19.6 Å². The first kappa shape index (κ1) is 27.6. The second-order valence-corrected chi connectivity index (χ2v) is 11.5. The lowest BCUT2D eigenvalue weighted by molar-refractivity contribution is -0.125. The zero-order chi connectivity index (χ0) is 26.8. The third-order valence-corrected chi connectivity index (χ3v) is 6.12. The number of hydrogen-bond donors (Lipinski definition) is 1. The Morgan fingerprint density at radius 1 is 1.17 bits per heavy atom. The highest BCUT2D eigenvalue weighted by Crippen LogP contribution is 2.33. The van der Waals surface area contributed by atoms with Crippen LogP contribution in [0.1, 0.15) is 65.1 Å². The normalized spacial score (nSPS) is 19.1. The van der Waals surface area contributed by atoms with Gasteiger partial charge in [0.1, 0.15) is 24.0 Å². The fourth-order valence-electron chi connectivity index (χ4n) is 4.16. The van der Waals surface area contributed by atoms with Crippen LogP contribution in [0, 0.1) is 0 Å². The average molecular weight is 516 g/mol. The SMILES string of the molecule is CC(C)(C)OC(=O)N1CC(O)CC1C(=O)N(c1ccc(C(C)(C)C)cc1)C(C=O)c1cncc(Cl)c1. The highest BCUT2D eigenvalue weighted by atomic mass is 35.5. The van der Waals surface area contributed by atoms with Crippen molar-refractivity contribution in [2.24, 2.45) is 0 Å². The lowest BCUT2D eigenvalue weighted by Crippen LogP contribution is -2.50. The van der Waals surface area contributed by atoms with Crippen molar-refractivity contribution in [2.45, 2.75) is 77.2 Å². The van der Waals surface area contributed by atoms with Crippen LogP contribution in [0.5, 0.6) is 0 Å². The molecule has 3 rings (SSSR count). The number of carbonyl (C=O) groups is 3. The van der Waals surface area contributed by atoms with Crippen LogP contribution >= 0.6 is 11.6 Å². The monoisotopic (exact) mass is 515 g/mol. The highest BCUT2D eigenvalue weighted by Gasteiger charge is 2.44. The molecule has 194 valence electrons. The Hall–Kier alpha value is -2.97. The molecule has 0 spiro atoms. The van der Waals surface area contributed by atoms with Gasteiger partial charge < -0.3 is 14.6 Å². The van der Waals surface area contributed by atoms with Gasteiger partial charge in [-0.05, 0) is 49.9 Å². The van der Waals surface area contributed by atoms with Crippen LogP contribution in [0.2, 0.25) is 5.02 Å². The van der Waals surface area contributed by atoms with Gasteiger partial charge in [0.15, 0.2) is 0 Å². The molecular weight excluding hydrogens is 482 g/mol. The molecule has 1 N–H and O–H groups in total. The van der Waals surface area contributed by atoms with E-state index in [9.17, 15) is 19.5 Å². The Bertz CT molecular complexity index is 1110. The van der Waals surface area contributed by atoms with Gasteiger partial charge in [-0.15, -0.1) is 0 Å². The van der Waals surface area contributed by atoms with E-state index in [0.717, 1.165) is 5.56 Å². The quantitative estimate of drug-likeness (QED) is 0.580. The number of amides is 2. The van der Waals surface area contributed by atoms with Crippen LogP contribution in [-0.2, 0) is 19.7 Å². The molecule has 1 aliphatic rings. The minimum atomic E-state index is -1.05. The maximum atomic E-state index is 14.1. The zero-order valence-corrected chi connectivity index (χ0v) is 22.3. The summed E-state index contributed by atoms with van der Waals surface area (Å²) in [5.74, 6) is -0.516. The summed E-state index contributed by atoms with van der Waals surface area (Å²) < 4.78 is 5.48. The van der Waals surface area contributed by atoms with Crippen molar-refractivity contribution in [3.8, 4) is 0 Å². The molecule has 1 aromatic heterocycles. The van der Waals surface area contributed by atoms with E-state index in [1.807, 2.05) is 12.1 Å². The summed E-state index contributed by atoms with van der Waals surface area (Å²) in [5.41, 5.74) is 1.05. The van der Waals surface area contributed by atoms with Crippen molar-refractivity contribution in [1.82, 2.24) is 9.88 Å². The van der Waals surface area contributed by atoms with E-state index < -0.39 is 35.8 Å². The summed E-state index contributed by atoms with van der Waals surface area (Å²) >= 11 is 6.14. The van der Waals surface area contributed by atoms with Crippen LogP contribution in [0.3, 0.4) is 0 Å². The third kappa shape index (κ3) is 6.42. The number of anilines is 1. The topological polar surface area (TPSA) is 100 Å². The van der Waals surface area contributed by atoms with E-state index in [1.165, 1.54) is 22.2 Å². The van der Waals surface area contributed by atoms with E-state index in [2.05, 4.69) is 25.8 Å². The number of likely N-dealkylation sites (tertiary alicyclic amines) is 1. The lowest BCUT2D eigenvalue weighted by atomic mass is 9.87. The Labute approximate surface area is 217 Å². The number of benzene rings is 1. The average Bonchev–Trinajstić information content (AvgIpc) is 3.17. The first-order chi connectivity index (χ1) is 16.7. The van der Waals surface area contributed by atoms with Gasteiger partial charge in [-0.1, -0.05) is 44.5 Å². The number of carbonyl (C=O) groups excluding carboxylic acids is 3. The molecule has 9 heteroatoms. The first-order valence-electron chi connectivity index (χ1n) is 11.9. The Kier molecular flexibility index (Phi) is 8.10. The molecule has 2 amide bonds. The minimum absolute atomic E-state index is 0.0218. The van der Waals surface area contributed by atoms with E-state index in [4.69, 9.17) is 16.3 Å². The Balaban J connectivity index is 2.07. The molecule has 8 nitrogen and oxygen atoms in total. The van der Waals surface area contributed by atoms with Crippen molar-refractivity contribution in [3.05, 3.63) is 58.9 Å². The molecule has 1 saturated heterocycles. The molecule has 0 saturated carbocycles. The number of β-amino-alcohol motifs (C(OH)–C–C–N with tert-alkyl or cyclic N) is 1. The highest BCUT2D eigenvalue weighted by molar-refractivity contribution is 6.30. The standard InChI is InChI=1S/C27H34ClN3O5/c1-26(2,3)18-7-9-20(10-8-18)31(23(16-32)17-11-19(28)14-29-13-17)24(34)22-12-21(33)15-30(22)25(35)36-27(4,5)6/h7-11,13-14,16,21-23,33H,12,15H2,1-6H3. The Morgan fingerprint density at radius 3 is 2.33 bits per heavy atom. The summed E-state index contributed by atoms with van der Waals surface area (Å²) in [6, 6.07) is 6.86. The molecule has 3 unspecified atom stereocenters. The number of rotatable bonds is 5. The molecule has 0 aliphatic carbocycles. The van der Waals surface area contributed by atoms with Crippen LogP contribution < -0.4 is 4.90 Å². The molecule has 2 heterocycles. The first-order valence-corrected chi connectivity index (χ1v) is 12.3. The second kappa shape index (κ2) is 10.6. The van der Waals surface area contributed by atoms with Crippen LogP contribution in [0.15, 0.2) is 42.7 Å². The molecule has 3 atom stereocenters. The number of pyridine rings is 1. The van der Waals surface area contributed by atoms with E-state index in [0.29, 0.717) is 22.6 Å². The van der Waals surface area contributed by atoms with Gasteiger partial charge in [0.25, 0.3) is 5.91 Å². The number of halogens is 1. The third-order valence-electron chi connectivity index (χ3n) is 5.92. The summed E-state index contributed by atoms with van der Waals surface area (Å²) in [6.45, 7) is 11.4. The minimum Gasteiger partial charge on any atom is -0.444 e. The predicted molar refractivity (Wildman–Crippen MR) is 138 cm³/mol. The van der Waals surface area contributed by atoms with E-state index in [1.54, 1.807) is 39.0 Å². The van der Waals surface area contributed by atoms with Gasteiger partial charge in [0.05, 0.1) is 17.7 Å². The van der Waals surface area contributed by atoms with E-state index in [-0.39, 0.29) is 18.4 Å². The number of hydrogen-bond acceptors (Lipinski definition) is 6. The second-order valence-electron chi connectivity index (χ2n) is 11.1. The number of nitrogens with zero attached hydrogens (tertiary/aromatic N) is 3. The number of aliphatic hydroxyl groups excluding tert-OH is 1. The number of aldehydes is 1. The summed E-state index contributed by atoms with van der Waals surface area (Å²) in [4.78, 5) is 46.0. The molecule has 0 radical (unpaired) electrons. The molecular formula is C27H34ClN3O5. The molecule has 1 fully saturated rings. The van der Waals surface area contributed by atoms with Gasteiger partial charge in [-0.25, -0.2) is 4.79 Å².